The number of rotatable bonds is 10. The third-order valence-electron chi connectivity index (χ3n) is 3.69. The number of ether oxygens (including phenoxy) is 2. The lowest BCUT2D eigenvalue weighted by Crippen LogP contribution is -2.21. The van der Waals surface area contributed by atoms with Gasteiger partial charge in [0.15, 0.2) is 0 Å². The summed E-state index contributed by atoms with van der Waals surface area (Å²) in [6.07, 6.45) is 0.647. The number of hydrogen-bond donors (Lipinski definition) is 1. The fraction of sp³-hybridized carbons (Fsp3) is 0.238. The van der Waals surface area contributed by atoms with Gasteiger partial charge in [-0.3, -0.25) is 0 Å². The lowest BCUT2D eigenvalue weighted by Gasteiger charge is -2.18. The first-order valence-electron chi connectivity index (χ1n) is 8.59. The molecule has 0 aliphatic rings. The summed E-state index contributed by atoms with van der Waals surface area (Å²) in [5.41, 5.74) is 0.135. The molecule has 0 saturated heterocycles. The number of carbonyl (C=O) groups is 1. The molecule has 0 atom stereocenters. The van der Waals surface area contributed by atoms with Crippen LogP contribution in [0.5, 0.6) is 11.5 Å². The summed E-state index contributed by atoms with van der Waals surface area (Å²) >= 11 is 0. The first-order valence-corrected chi connectivity index (χ1v) is 8.59. The van der Waals surface area contributed by atoms with Crippen LogP contribution in [0.1, 0.15) is 30.4 Å². The summed E-state index contributed by atoms with van der Waals surface area (Å²) in [5.74, 6) is -0.605. The summed E-state index contributed by atoms with van der Waals surface area (Å²) in [6.45, 7) is 0.445. The average Bonchev–Trinajstić information content (AvgIpc) is 2.67. The van der Waals surface area contributed by atoms with Gasteiger partial charge in [0.1, 0.15) is 11.5 Å². The van der Waals surface area contributed by atoms with Gasteiger partial charge in [-0.25, -0.2) is 4.79 Å². The minimum Gasteiger partial charge on any atom is -0.494 e. The van der Waals surface area contributed by atoms with Gasteiger partial charge in [-0.05, 0) is 60.9 Å². The predicted octanol–water partition coefficient (Wildman–Crippen LogP) is 4.99. The van der Waals surface area contributed by atoms with E-state index in [1.165, 1.54) is 54.6 Å². The van der Waals surface area contributed by atoms with E-state index >= 15 is 0 Å². The third-order valence-corrected chi connectivity index (χ3v) is 3.69. The zero-order chi connectivity index (χ0) is 20.4. The molecule has 146 valence electrons. The molecule has 28 heavy (non-hydrogen) atoms. The van der Waals surface area contributed by atoms with Crippen LogP contribution >= 0.6 is 0 Å². The molecule has 0 unspecified atom stereocenters. The zero-order valence-electron chi connectivity index (χ0n) is 15.0. The van der Waals surface area contributed by atoms with Gasteiger partial charge in [0.25, 0.3) is 0 Å². The molecule has 0 saturated carbocycles. The molecule has 0 heterocycles. The normalized spacial score (nSPS) is 11.2. The van der Waals surface area contributed by atoms with Crippen LogP contribution in [0, 0.1) is 11.3 Å². The van der Waals surface area contributed by atoms with E-state index in [2.05, 4.69) is 6.07 Å². The van der Waals surface area contributed by atoms with Crippen molar-refractivity contribution in [3.63, 3.8) is 0 Å². The highest BCUT2D eigenvalue weighted by Crippen LogP contribution is 2.32. The van der Waals surface area contributed by atoms with E-state index in [1.807, 2.05) is 0 Å². The van der Waals surface area contributed by atoms with Crippen molar-refractivity contribution in [2.24, 2.45) is 0 Å². The molecule has 1 N–H and O–H groups in total. The van der Waals surface area contributed by atoms with E-state index in [1.54, 1.807) is 0 Å². The minimum absolute atomic E-state index is 0.0170. The monoisotopic (exact) mass is 387 g/mol. The Morgan fingerprint density at radius 2 is 1.71 bits per heavy atom. The number of carboxylic acid groups (broad SMARTS) is 1. The second-order valence-electron chi connectivity index (χ2n) is 5.85. The summed E-state index contributed by atoms with van der Waals surface area (Å²) in [6, 6.07) is 13.0. The number of unbranched alkanes of at least 4 members (excludes halogenated alkanes) is 2. The van der Waals surface area contributed by atoms with Crippen LogP contribution in [0.25, 0.3) is 6.08 Å². The van der Waals surface area contributed by atoms with E-state index < -0.39 is 12.1 Å². The van der Waals surface area contributed by atoms with Gasteiger partial charge in [-0.2, -0.15) is 14.0 Å². The second kappa shape index (κ2) is 10.1. The third kappa shape index (κ3) is 6.72. The zero-order valence-corrected chi connectivity index (χ0v) is 15.0. The van der Waals surface area contributed by atoms with Crippen LogP contribution < -0.4 is 9.47 Å². The Morgan fingerprint density at radius 3 is 2.32 bits per heavy atom. The van der Waals surface area contributed by atoms with Gasteiger partial charge < -0.3 is 14.6 Å². The predicted molar refractivity (Wildman–Crippen MR) is 99.0 cm³/mol. The summed E-state index contributed by atoms with van der Waals surface area (Å²) in [5, 5.41) is 17.0. The summed E-state index contributed by atoms with van der Waals surface area (Å²) in [4.78, 5) is 10.5. The molecule has 0 spiro atoms. The standard InChI is InChI=1S/C21H19F2NO4/c22-21(23,17-7-4-16(5-8-17)6-13-20(25)26)28-19-11-9-18(10-12-19)27-15-3-1-2-14-24/h4-13H,1-3,15H2,(H,25,26). The first-order chi connectivity index (χ1) is 13.4. The van der Waals surface area contributed by atoms with Gasteiger partial charge in [-0.15, -0.1) is 0 Å². The quantitative estimate of drug-likeness (QED) is 0.459. The fourth-order valence-corrected chi connectivity index (χ4v) is 2.26. The molecule has 5 nitrogen and oxygen atoms in total. The Bertz CT molecular complexity index is 840. The average molecular weight is 387 g/mol. The maximum absolute atomic E-state index is 14.3. The lowest BCUT2D eigenvalue weighted by molar-refractivity contribution is -0.185. The van der Waals surface area contributed by atoms with Gasteiger partial charge in [0.2, 0.25) is 0 Å². The Hall–Kier alpha value is -3.40. The molecule has 7 heteroatoms. The number of hydrogen-bond acceptors (Lipinski definition) is 4. The number of alkyl halides is 2. The van der Waals surface area contributed by atoms with E-state index in [4.69, 9.17) is 19.8 Å². The van der Waals surface area contributed by atoms with Crippen molar-refractivity contribution < 1.29 is 28.2 Å². The molecule has 0 aliphatic heterocycles. The lowest BCUT2D eigenvalue weighted by atomic mass is 10.1. The first kappa shape index (κ1) is 20.9. The van der Waals surface area contributed by atoms with Crippen LogP contribution in [0.4, 0.5) is 8.78 Å². The molecular weight excluding hydrogens is 368 g/mol. The number of benzene rings is 2. The van der Waals surface area contributed by atoms with Crippen LogP contribution in [0.2, 0.25) is 0 Å². The number of nitriles is 1. The van der Waals surface area contributed by atoms with Crippen LogP contribution in [-0.4, -0.2) is 17.7 Å². The van der Waals surface area contributed by atoms with Gasteiger partial charge in [0, 0.05) is 12.5 Å². The Kier molecular flexibility index (Phi) is 7.52. The van der Waals surface area contributed by atoms with Crippen molar-refractivity contribution in [1.82, 2.24) is 0 Å². The number of carboxylic acids is 1. The molecule has 0 amide bonds. The summed E-state index contributed by atoms with van der Waals surface area (Å²) in [7, 11) is 0. The second-order valence-corrected chi connectivity index (χ2v) is 5.85. The minimum atomic E-state index is -3.55. The SMILES string of the molecule is N#CCCCCOc1ccc(OC(F)(F)c2ccc(C=CC(=O)O)cc2)cc1. The smallest absolute Gasteiger partial charge is 0.426 e. The highest BCUT2D eigenvalue weighted by Gasteiger charge is 2.34. The highest BCUT2D eigenvalue weighted by molar-refractivity contribution is 5.85. The highest BCUT2D eigenvalue weighted by atomic mass is 19.3. The van der Waals surface area contributed by atoms with Crippen molar-refractivity contribution in [3.8, 4) is 17.6 Å². The maximum atomic E-state index is 14.3. The molecule has 2 aromatic carbocycles. The van der Waals surface area contributed by atoms with E-state index in [-0.39, 0.29) is 11.3 Å². The topological polar surface area (TPSA) is 79.5 Å². The number of nitrogens with zero attached hydrogens (tertiary/aromatic N) is 1. The largest absolute Gasteiger partial charge is 0.494 e. The van der Waals surface area contributed by atoms with Crippen molar-refractivity contribution in [3.05, 3.63) is 65.7 Å². The van der Waals surface area contributed by atoms with E-state index in [0.717, 1.165) is 18.9 Å². The van der Waals surface area contributed by atoms with Gasteiger partial charge in [-0.1, -0.05) is 12.1 Å². The number of aliphatic carboxylic acids is 1. The molecule has 2 rings (SSSR count). The molecule has 2 aromatic rings. The summed E-state index contributed by atoms with van der Waals surface area (Å²) < 4.78 is 38.9. The Labute approximate surface area is 161 Å². The molecule has 0 aromatic heterocycles. The maximum Gasteiger partial charge on any atom is 0.426 e. The van der Waals surface area contributed by atoms with Gasteiger partial charge in [0.05, 0.1) is 18.2 Å². The van der Waals surface area contributed by atoms with E-state index in [9.17, 15) is 13.6 Å². The molecule has 0 radical (unpaired) electrons. The van der Waals surface area contributed by atoms with E-state index in [0.29, 0.717) is 24.3 Å². The molecule has 0 bridgehead atoms. The Morgan fingerprint density at radius 1 is 1.07 bits per heavy atom. The number of halogens is 2. The van der Waals surface area contributed by atoms with Crippen LogP contribution in [0.15, 0.2) is 54.6 Å². The Balaban J connectivity index is 1.94. The molecular formula is C21H19F2NO4. The van der Waals surface area contributed by atoms with Gasteiger partial charge >= 0.3 is 12.1 Å². The van der Waals surface area contributed by atoms with Crippen molar-refractivity contribution >= 4 is 12.0 Å². The van der Waals surface area contributed by atoms with Crippen molar-refractivity contribution in [1.29, 1.82) is 5.26 Å². The van der Waals surface area contributed by atoms with Crippen molar-refractivity contribution in [2.75, 3.05) is 6.61 Å². The fourth-order valence-electron chi connectivity index (χ4n) is 2.26. The van der Waals surface area contributed by atoms with Crippen LogP contribution in [-0.2, 0) is 10.9 Å². The van der Waals surface area contributed by atoms with Crippen LogP contribution in [0.3, 0.4) is 0 Å². The molecule has 0 aliphatic carbocycles. The van der Waals surface area contributed by atoms with Crippen molar-refractivity contribution in [2.45, 2.75) is 25.4 Å². The molecule has 0 fully saturated rings.